The third-order valence-corrected chi connectivity index (χ3v) is 7.92. The predicted octanol–water partition coefficient (Wildman–Crippen LogP) is 7.86. The monoisotopic (exact) mass is 677 g/mol. The number of benzene rings is 4. The molecule has 8 nitrogen and oxygen atoms in total. The van der Waals surface area contributed by atoms with Crippen LogP contribution in [0.2, 0.25) is 0 Å². The van der Waals surface area contributed by atoms with E-state index in [4.69, 9.17) is 27.2 Å². The second-order valence-electron chi connectivity index (χ2n) is 10.6. The van der Waals surface area contributed by atoms with Crippen LogP contribution in [-0.4, -0.2) is 31.5 Å². The second-order valence-corrected chi connectivity index (χ2v) is 12.0. The molecule has 248 valence electrons. The number of likely N-dealkylation sites (N-methyl/N-ethyl adjacent to an activating group) is 1. The molecule has 48 heavy (non-hydrogen) atoms. The first-order valence-electron chi connectivity index (χ1n) is 14.6. The highest BCUT2D eigenvalue weighted by atomic mass is 32.2. The first-order chi connectivity index (χ1) is 22.9. The third-order valence-electron chi connectivity index (χ3n) is 7.34. The number of hydrogen-bond donors (Lipinski definition) is 1. The van der Waals surface area contributed by atoms with Gasteiger partial charge in [0.2, 0.25) is 0 Å². The Bertz CT molecular complexity index is 1970. The van der Waals surface area contributed by atoms with Gasteiger partial charge in [0.25, 0.3) is 0 Å². The SMILES string of the molecule is CN1C2=CC=C(OCc3ccccc3)CC2=C(C(=O)Oc2ccccc2OCc2ccccc2)c2ccccc21.O=S(=O)(O)C(F)(F)F. The van der Waals surface area contributed by atoms with Crippen molar-refractivity contribution in [1.82, 2.24) is 0 Å². The minimum absolute atomic E-state index is 0.372. The molecule has 1 aliphatic carbocycles. The molecule has 0 unspecified atom stereocenters. The van der Waals surface area contributed by atoms with E-state index in [-0.39, 0.29) is 0 Å². The van der Waals surface area contributed by atoms with Gasteiger partial charge in [0, 0.05) is 30.4 Å². The number of ether oxygens (including phenoxy) is 3. The number of fused-ring (bicyclic) bond motifs is 2. The highest BCUT2D eigenvalue weighted by molar-refractivity contribution is 7.86. The zero-order valence-electron chi connectivity index (χ0n) is 25.6. The molecule has 1 N–H and O–H groups in total. The molecule has 12 heteroatoms. The molecule has 1 heterocycles. The van der Waals surface area contributed by atoms with Crippen molar-refractivity contribution in [2.45, 2.75) is 25.1 Å². The quantitative estimate of drug-likeness (QED) is 0.0871. The number of halogens is 3. The number of esters is 1. The van der Waals surface area contributed by atoms with E-state index in [1.54, 1.807) is 6.07 Å². The number of anilines is 1. The van der Waals surface area contributed by atoms with Crippen LogP contribution in [0.15, 0.2) is 138 Å². The van der Waals surface area contributed by atoms with E-state index in [9.17, 15) is 18.0 Å². The van der Waals surface area contributed by atoms with Crippen molar-refractivity contribution in [2.75, 3.05) is 11.9 Å². The van der Waals surface area contributed by atoms with Crippen molar-refractivity contribution in [3.05, 3.63) is 155 Å². The van der Waals surface area contributed by atoms with E-state index >= 15 is 0 Å². The molecule has 2 aliphatic rings. The van der Waals surface area contributed by atoms with E-state index in [2.05, 4.69) is 4.90 Å². The van der Waals surface area contributed by atoms with Gasteiger partial charge in [-0.05, 0) is 47.1 Å². The number of nitrogens with zero attached hydrogens (tertiary/aromatic N) is 1. The smallest absolute Gasteiger partial charge is 0.493 e. The number of carbonyl (C=O) groups excluding carboxylic acids is 1. The summed E-state index contributed by atoms with van der Waals surface area (Å²) < 4.78 is 75.8. The molecule has 0 bridgehead atoms. The van der Waals surface area contributed by atoms with Crippen molar-refractivity contribution < 1.29 is 45.1 Å². The van der Waals surface area contributed by atoms with Gasteiger partial charge in [0.15, 0.2) is 11.5 Å². The fraction of sp³-hybridized carbons (Fsp3) is 0.139. The fourth-order valence-corrected chi connectivity index (χ4v) is 5.02. The summed E-state index contributed by atoms with van der Waals surface area (Å²) in [5.41, 5.74) is 0.717. The largest absolute Gasteiger partial charge is 0.522 e. The summed E-state index contributed by atoms with van der Waals surface area (Å²) in [4.78, 5) is 16.1. The van der Waals surface area contributed by atoms with Crippen molar-refractivity contribution in [2.24, 2.45) is 0 Å². The standard InChI is InChI=1S/C35H29NO4.CHF3O3S/c1-36-30-17-9-8-16-28(30)34(29-22-27(20-21-31(29)36)38-23-25-12-4-2-5-13-25)35(37)40-33-19-11-10-18-32(33)39-24-26-14-6-3-7-15-26;2-1(3,4)8(5,6)7/h2-21H,22-24H2,1H3;(H,5,6,7). The van der Waals surface area contributed by atoms with Crippen molar-refractivity contribution in [3.8, 4) is 11.5 Å². The number of carbonyl (C=O) groups is 1. The minimum atomic E-state index is -5.84. The van der Waals surface area contributed by atoms with Gasteiger partial charge in [-0.25, -0.2) is 4.79 Å². The fourth-order valence-electron chi connectivity index (χ4n) is 5.02. The van der Waals surface area contributed by atoms with E-state index in [1.165, 1.54) is 0 Å². The van der Waals surface area contributed by atoms with Crippen LogP contribution in [0.4, 0.5) is 18.9 Å². The molecule has 0 aromatic heterocycles. The number of allylic oxidation sites excluding steroid dienone is 4. The Hall–Kier alpha value is -5.33. The van der Waals surface area contributed by atoms with E-state index in [0.29, 0.717) is 36.7 Å². The lowest BCUT2D eigenvalue weighted by atomic mass is 9.87. The van der Waals surface area contributed by atoms with Crippen LogP contribution >= 0.6 is 0 Å². The van der Waals surface area contributed by atoms with Gasteiger partial charge in [-0.3, -0.25) is 4.55 Å². The Morgan fingerprint density at radius 1 is 0.771 bits per heavy atom. The van der Waals surface area contributed by atoms with Crippen LogP contribution in [0.5, 0.6) is 11.5 Å². The van der Waals surface area contributed by atoms with Crippen LogP contribution in [0.1, 0.15) is 23.1 Å². The summed E-state index contributed by atoms with van der Waals surface area (Å²) in [6.07, 6.45) is 4.48. The number of hydrogen-bond acceptors (Lipinski definition) is 7. The van der Waals surface area contributed by atoms with Crippen LogP contribution in [-0.2, 0) is 32.9 Å². The molecule has 1 aliphatic heterocycles. The Balaban J connectivity index is 0.000000503. The third kappa shape index (κ3) is 8.14. The molecule has 4 aromatic carbocycles. The molecule has 0 amide bonds. The van der Waals surface area contributed by atoms with Crippen molar-refractivity contribution >= 4 is 27.3 Å². The molecule has 6 rings (SSSR count). The maximum atomic E-state index is 14.0. The Morgan fingerprint density at radius 2 is 1.29 bits per heavy atom. The Labute approximate surface area is 275 Å². The maximum absolute atomic E-state index is 14.0. The van der Waals surface area contributed by atoms with Gasteiger partial charge < -0.3 is 19.1 Å². The molecule has 0 radical (unpaired) electrons. The molecule has 4 aromatic rings. The normalized spacial score (nSPS) is 14.0. The van der Waals surface area contributed by atoms with E-state index < -0.39 is 21.6 Å². The van der Waals surface area contributed by atoms with Crippen LogP contribution in [0.25, 0.3) is 5.57 Å². The highest BCUT2D eigenvalue weighted by Crippen LogP contribution is 2.44. The molecule has 0 spiro atoms. The second kappa shape index (κ2) is 14.6. The zero-order valence-corrected chi connectivity index (χ0v) is 26.4. The Kier molecular flexibility index (Phi) is 10.4. The highest BCUT2D eigenvalue weighted by Gasteiger charge is 2.44. The topological polar surface area (TPSA) is 102 Å². The van der Waals surface area contributed by atoms with Gasteiger partial charge >= 0.3 is 21.6 Å². The average Bonchev–Trinajstić information content (AvgIpc) is 3.07. The molecular weight excluding hydrogens is 647 g/mol. The average molecular weight is 678 g/mol. The maximum Gasteiger partial charge on any atom is 0.522 e. The number of alkyl halides is 3. The lowest BCUT2D eigenvalue weighted by molar-refractivity contribution is -0.128. The number of para-hydroxylation sites is 3. The first-order valence-corrected chi connectivity index (χ1v) is 16.0. The van der Waals surface area contributed by atoms with Gasteiger partial charge in [-0.15, -0.1) is 0 Å². The summed E-state index contributed by atoms with van der Waals surface area (Å²) in [5, 5.41) is 0. The van der Waals surface area contributed by atoms with Gasteiger partial charge in [0.1, 0.15) is 19.0 Å². The number of rotatable bonds is 8. The molecule has 0 saturated carbocycles. The lowest BCUT2D eigenvalue weighted by Gasteiger charge is -2.35. The molecular formula is C36H30F3NO7S. The lowest BCUT2D eigenvalue weighted by Crippen LogP contribution is -2.28. The van der Waals surface area contributed by atoms with Gasteiger partial charge in [-0.1, -0.05) is 91.0 Å². The summed E-state index contributed by atoms with van der Waals surface area (Å²) in [6.45, 7) is 0.832. The summed E-state index contributed by atoms with van der Waals surface area (Å²) in [6, 6.07) is 35.1. The van der Waals surface area contributed by atoms with Crippen LogP contribution < -0.4 is 14.4 Å². The van der Waals surface area contributed by atoms with Crippen molar-refractivity contribution in [1.29, 1.82) is 0 Å². The molecule has 0 atom stereocenters. The zero-order chi connectivity index (χ0) is 34.3. The van der Waals surface area contributed by atoms with E-state index in [0.717, 1.165) is 39.4 Å². The van der Waals surface area contributed by atoms with Crippen molar-refractivity contribution in [3.63, 3.8) is 0 Å². The minimum Gasteiger partial charge on any atom is -0.493 e. The van der Waals surface area contributed by atoms with Crippen LogP contribution in [0.3, 0.4) is 0 Å². The summed E-state index contributed by atoms with van der Waals surface area (Å²) >= 11 is 0. The Morgan fingerprint density at radius 3 is 1.90 bits per heavy atom. The summed E-state index contributed by atoms with van der Waals surface area (Å²) in [7, 11) is -3.82. The van der Waals surface area contributed by atoms with E-state index in [1.807, 2.05) is 122 Å². The predicted molar refractivity (Wildman–Crippen MR) is 174 cm³/mol. The first kappa shape index (κ1) is 34.0. The van der Waals surface area contributed by atoms with Gasteiger partial charge in [0.05, 0.1) is 5.57 Å². The molecule has 0 fully saturated rings. The van der Waals surface area contributed by atoms with Gasteiger partial charge in [-0.2, -0.15) is 21.6 Å². The summed E-state index contributed by atoms with van der Waals surface area (Å²) in [5.74, 6) is 1.26. The molecule has 0 saturated heterocycles. The van der Waals surface area contributed by atoms with Crippen LogP contribution in [0, 0.1) is 0 Å².